The number of amides is 7. The maximum Gasteiger partial charge on any atom is 0.247 e. The first-order valence-corrected chi connectivity index (χ1v) is 27.2. The number of fused-ring (bicyclic) bond motifs is 4. The lowest BCUT2D eigenvalue weighted by molar-refractivity contribution is -0.144. The van der Waals surface area contributed by atoms with E-state index in [1.165, 1.54) is 16.2 Å². The molecular formula is C53H65ClN12O9S2. The van der Waals surface area contributed by atoms with Crippen molar-refractivity contribution in [1.82, 2.24) is 56.5 Å². The summed E-state index contributed by atoms with van der Waals surface area (Å²) in [5.41, 5.74) is 5.78. The smallest absolute Gasteiger partial charge is 0.247 e. The summed E-state index contributed by atoms with van der Waals surface area (Å²) < 4.78 is 7.56. The van der Waals surface area contributed by atoms with Gasteiger partial charge in [-0.15, -0.1) is 32.9 Å². The summed E-state index contributed by atoms with van der Waals surface area (Å²) in [6.07, 6.45) is 3.43. The zero-order valence-electron chi connectivity index (χ0n) is 44.2. The van der Waals surface area contributed by atoms with Gasteiger partial charge in [-0.25, -0.2) is 4.98 Å². The minimum absolute atomic E-state index is 0.0501. The summed E-state index contributed by atoms with van der Waals surface area (Å²) in [4.78, 5) is 110. The topological polar surface area (TPSA) is 280 Å². The van der Waals surface area contributed by atoms with Gasteiger partial charge in [0, 0.05) is 53.5 Å². The molecule has 0 spiro atoms. The molecule has 1 aromatic carbocycles. The number of aryl methyl sites for hydroxylation is 3. The van der Waals surface area contributed by atoms with E-state index in [0.717, 1.165) is 42.7 Å². The zero-order valence-corrected chi connectivity index (χ0v) is 46.6. The van der Waals surface area contributed by atoms with E-state index in [1.807, 2.05) is 57.4 Å². The Labute approximate surface area is 459 Å². The molecule has 6 atom stereocenters. The van der Waals surface area contributed by atoms with Crippen LogP contribution in [-0.4, -0.2) is 146 Å². The number of hydrogen-bond acceptors (Lipinski definition) is 15. The third-order valence-electron chi connectivity index (χ3n) is 13.3. The largest absolute Gasteiger partial charge is 0.391 e. The molecule has 77 heavy (non-hydrogen) atoms. The number of benzene rings is 1. The molecule has 410 valence electrons. The molecule has 0 saturated carbocycles. The SMILES string of the molecule is C=C(/C=C\C(=C/C)c1scnc1C)[C@@H]1NC(=O)[C@@H]2C[C@@H](O)CN2C(=O)C(C(C)(C)C)NC(=O)CCOCCNC(=O)[C@@H](CNC(=O)C[C@@H]2N=C(c3ccc(Cl)cc3)c3c(sc(C)c3C)-n3c(C)nnc32)NC(=O)CNC1=O. The predicted molar refractivity (Wildman–Crippen MR) is 293 cm³/mol. The maximum absolute atomic E-state index is 14.3. The zero-order chi connectivity index (χ0) is 55.9. The van der Waals surface area contributed by atoms with Crippen molar-refractivity contribution in [1.29, 1.82) is 0 Å². The molecule has 0 aliphatic carbocycles. The molecule has 4 aromatic rings. The molecule has 24 heteroatoms. The van der Waals surface area contributed by atoms with Gasteiger partial charge in [0.1, 0.15) is 41.0 Å². The van der Waals surface area contributed by atoms with Crippen molar-refractivity contribution in [2.45, 2.75) is 111 Å². The number of carbonyl (C=O) groups is 7. The molecule has 3 aliphatic rings. The maximum atomic E-state index is 14.3. The van der Waals surface area contributed by atoms with Gasteiger partial charge in [-0.05, 0) is 68.9 Å². The van der Waals surface area contributed by atoms with Gasteiger partial charge in [-0.2, -0.15) is 0 Å². The number of allylic oxidation sites excluding steroid dienone is 3. The quantitative estimate of drug-likeness (QED) is 0.119. The van der Waals surface area contributed by atoms with E-state index in [-0.39, 0.29) is 51.1 Å². The lowest BCUT2D eigenvalue weighted by Crippen LogP contribution is -2.59. The molecule has 7 rings (SSSR count). The van der Waals surface area contributed by atoms with E-state index in [4.69, 9.17) is 21.3 Å². The van der Waals surface area contributed by atoms with Crippen LogP contribution in [0.3, 0.4) is 0 Å². The highest BCUT2D eigenvalue weighted by Crippen LogP contribution is 2.40. The molecule has 2 fully saturated rings. The summed E-state index contributed by atoms with van der Waals surface area (Å²) in [6.45, 7) is 17.4. The number of aliphatic imine (C=N–C) groups is 1. The molecular weight excluding hydrogens is 1050 g/mol. The third-order valence-corrected chi connectivity index (χ3v) is 15.8. The van der Waals surface area contributed by atoms with Crippen molar-refractivity contribution in [2.75, 3.05) is 39.4 Å². The molecule has 7 N–H and O–H groups in total. The van der Waals surface area contributed by atoms with Gasteiger partial charge in [0.15, 0.2) is 5.82 Å². The van der Waals surface area contributed by atoms with E-state index in [9.17, 15) is 38.7 Å². The number of thiophene rings is 1. The molecule has 0 radical (unpaired) electrons. The highest BCUT2D eigenvalue weighted by atomic mass is 35.5. The molecule has 3 aliphatic heterocycles. The van der Waals surface area contributed by atoms with Gasteiger partial charge >= 0.3 is 0 Å². The summed E-state index contributed by atoms with van der Waals surface area (Å²) >= 11 is 9.26. The highest BCUT2D eigenvalue weighted by Gasteiger charge is 2.45. The van der Waals surface area contributed by atoms with Crippen LogP contribution in [0.15, 0.2) is 65.1 Å². The van der Waals surface area contributed by atoms with E-state index >= 15 is 0 Å². The van der Waals surface area contributed by atoms with Gasteiger partial charge in [0.25, 0.3) is 0 Å². The first-order valence-electron chi connectivity index (χ1n) is 25.1. The van der Waals surface area contributed by atoms with Crippen molar-refractivity contribution in [3.05, 3.63) is 109 Å². The third kappa shape index (κ3) is 13.8. The number of halogens is 1. The average molecular weight is 1110 g/mol. The van der Waals surface area contributed by atoms with Gasteiger partial charge in [-0.3, -0.25) is 43.1 Å². The van der Waals surface area contributed by atoms with Crippen LogP contribution in [-0.2, 0) is 38.3 Å². The number of ether oxygens (including phenoxy) is 1. The Balaban J connectivity index is 1.13. The first kappa shape index (κ1) is 57.8. The Kier molecular flexibility index (Phi) is 18.8. The van der Waals surface area contributed by atoms with Gasteiger partial charge in [-0.1, -0.05) is 69.3 Å². The molecule has 7 amide bonds. The summed E-state index contributed by atoms with van der Waals surface area (Å²) in [7, 11) is 0. The number of carbonyl (C=O) groups excluding carboxylic acids is 7. The van der Waals surface area contributed by atoms with Crippen LogP contribution in [0.5, 0.6) is 0 Å². The van der Waals surface area contributed by atoms with Gasteiger partial charge in [0.2, 0.25) is 41.4 Å². The van der Waals surface area contributed by atoms with Crippen molar-refractivity contribution in [3.63, 3.8) is 0 Å². The second-order valence-corrected chi connectivity index (χ2v) is 22.5. The fraction of sp³-hybridized carbons (Fsp3) is 0.453. The van der Waals surface area contributed by atoms with Gasteiger partial charge < -0.3 is 46.6 Å². The van der Waals surface area contributed by atoms with Crippen molar-refractivity contribution in [3.8, 4) is 5.00 Å². The molecule has 0 bridgehead atoms. The number of thiazole rings is 1. The standard InChI is InChI=1S/C53H65ClN12O9S2/c1-10-32(45-29(4)58-26-76-45)12-11-27(2)43-50(73)57-24-41(70)59-37(48(71)55-18-20-75-19-17-39(68)61-46(53(7,8)9)51(74)65-25-35(67)21-38(65)49(72)62-43)23-56-40(69)22-36-47-64-63-31(6)66(47)52-42(28(3)30(5)77-52)44(60-36)33-13-15-34(54)16-14-33/h10-16,26,35-38,43,46,67H,2,17-25H2,1,3-9H3,(H,55,71)(H,56,69)(H,57,73)(H,59,70)(H,61,68)(H,62,72)/b12-11-,32-10+/t35-,36+,37-,38+,43+,46?/m1/s1. The van der Waals surface area contributed by atoms with Crippen molar-refractivity contribution < 1.29 is 43.4 Å². The predicted octanol–water partition coefficient (Wildman–Crippen LogP) is 3.40. The first-order chi connectivity index (χ1) is 36.6. The molecule has 21 nitrogen and oxygen atoms in total. The molecule has 1 unspecified atom stereocenters. The van der Waals surface area contributed by atoms with Crippen LogP contribution >= 0.6 is 34.3 Å². The van der Waals surface area contributed by atoms with Gasteiger partial charge in [0.05, 0.1) is 54.1 Å². The normalized spacial score (nSPS) is 22.7. The second-order valence-electron chi connectivity index (χ2n) is 20.0. The van der Waals surface area contributed by atoms with Crippen LogP contribution in [0, 0.1) is 33.1 Å². The number of nitrogens with one attached hydrogen (secondary N) is 6. The molecule has 3 aromatic heterocycles. The Morgan fingerprint density at radius 2 is 1.70 bits per heavy atom. The Morgan fingerprint density at radius 1 is 0.961 bits per heavy atom. The van der Waals surface area contributed by atoms with Crippen molar-refractivity contribution >= 4 is 86.9 Å². The number of aliphatic hydroxyl groups excluding tert-OH is 1. The number of aromatic nitrogens is 4. The average Bonchev–Trinajstić information content (AvgIpc) is 4.17. The summed E-state index contributed by atoms with van der Waals surface area (Å²) in [5.74, 6) is -3.84. The monoisotopic (exact) mass is 1110 g/mol. The van der Waals surface area contributed by atoms with Crippen LogP contribution in [0.2, 0.25) is 5.02 Å². The fourth-order valence-electron chi connectivity index (χ4n) is 9.05. The lowest BCUT2D eigenvalue weighted by atomic mass is 9.85. The number of aliphatic hydroxyl groups is 1. The Bertz CT molecular complexity index is 3030. The van der Waals surface area contributed by atoms with Crippen LogP contribution in [0.4, 0.5) is 0 Å². The fourth-order valence-corrected chi connectivity index (χ4v) is 11.3. The minimum Gasteiger partial charge on any atom is -0.391 e. The Hall–Kier alpha value is -6.92. The minimum atomic E-state index is -1.52. The van der Waals surface area contributed by atoms with Crippen molar-refractivity contribution in [2.24, 2.45) is 10.4 Å². The van der Waals surface area contributed by atoms with Crippen LogP contribution in [0.1, 0.15) is 96.8 Å². The van der Waals surface area contributed by atoms with E-state index < -0.39 is 96.2 Å². The van der Waals surface area contributed by atoms with E-state index in [0.29, 0.717) is 22.4 Å². The number of hydrogen-bond donors (Lipinski definition) is 7. The van der Waals surface area contributed by atoms with E-state index in [1.54, 1.807) is 61.9 Å². The summed E-state index contributed by atoms with van der Waals surface area (Å²) in [5, 5.41) is 37.2. The second kappa shape index (κ2) is 25.0. The van der Waals surface area contributed by atoms with E-state index in [2.05, 4.69) is 53.7 Å². The molecule has 2 saturated heterocycles. The van der Waals surface area contributed by atoms with Crippen LogP contribution in [0.25, 0.3) is 10.6 Å². The summed E-state index contributed by atoms with van der Waals surface area (Å²) in [6, 6.07) is 1.12. The lowest BCUT2D eigenvalue weighted by Gasteiger charge is -2.35. The van der Waals surface area contributed by atoms with Crippen LogP contribution < -0.4 is 31.9 Å². The number of nitrogens with zero attached hydrogens (tertiary/aromatic N) is 6. The highest BCUT2D eigenvalue weighted by molar-refractivity contribution is 7.15. The molecule has 6 heterocycles. The number of rotatable bonds is 9. The Morgan fingerprint density at radius 3 is 2.39 bits per heavy atom.